The summed E-state index contributed by atoms with van der Waals surface area (Å²) < 4.78 is 0. The minimum absolute atomic E-state index is 0.0742. The summed E-state index contributed by atoms with van der Waals surface area (Å²) in [4.78, 5) is 26.6. The summed E-state index contributed by atoms with van der Waals surface area (Å²) in [6.07, 6.45) is 0. The van der Waals surface area contributed by atoms with E-state index in [9.17, 15) is 9.59 Å². The molecular formula is C16H24N3O2+. The molecule has 1 saturated heterocycles. The molecule has 0 unspecified atom stereocenters. The van der Waals surface area contributed by atoms with E-state index in [0.29, 0.717) is 6.54 Å². The van der Waals surface area contributed by atoms with Gasteiger partial charge in [0.1, 0.15) is 0 Å². The SMILES string of the molecule is CC(=O)N1CC[NH+]([C@@H](C)C(=O)NCc2ccccc2)CC1. The molecule has 2 amide bonds. The number of amides is 2. The van der Waals surface area contributed by atoms with Gasteiger partial charge in [0, 0.05) is 13.5 Å². The van der Waals surface area contributed by atoms with Crippen molar-refractivity contribution in [1.82, 2.24) is 10.2 Å². The third-order valence-corrected chi connectivity index (χ3v) is 4.17. The Balaban J connectivity index is 1.79. The highest BCUT2D eigenvalue weighted by Gasteiger charge is 2.29. The summed E-state index contributed by atoms with van der Waals surface area (Å²) in [6, 6.07) is 9.83. The molecule has 1 atom stereocenters. The number of nitrogens with one attached hydrogen (secondary N) is 2. The van der Waals surface area contributed by atoms with Crippen LogP contribution in [0.25, 0.3) is 0 Å². The van der Waals surface area contributed by atoms with Crippen molar-refractivity contribution in [2.75, 3.05) is 26.2 Å². The highest BCUT2D eigenvalue weighted by molar-refractivity contribution is 5.80. The van der Waals surface area contributed by atoms with Crippen LogP contribution in [0.4, 0.5) is 0 Å². The summed E-state index contributed by atoms with van der Waals surface area (Å²) in [5.41, 5.74) is 1.11. The predicted molar refractivity (Wildman–Crippen MR) is 80.7 cm³/mol. The number of hydrogen-bond acceptors (Lipinski definition) is 2. The normalized spacial score (nSPS) is 17.3. The van der Waals surface area contributed by atoms with Gasteiger partial charge < -0.3 is 15.1 Å². The van der Waals surface area contributed by atoms with Crippen LogP contribution in [0, 0.1) is 0 Å². The fourth-order valence-electron chi connectivity index (χ4n) is 2.67. The van der Waals surface area contributed by atoms with Gasteiger partial charge in [-0.15, -0.1) is 0 Å². The topological polar surface area (TPSA) is 53.9 Å². The molecular weight excluding hydrogens is 266 g/mol. The van der Waals surface area contributed by atoms with Gasteiger partial charge in [0.2, 0.25) is 5.91 Å². The zero-order chi connectivity index (χ0) is 15.2. The maximum Gasteiger partial charge on any atom is 0.278 e. The Bertz CT molecular complexity index is 482. The second-order valence-electron chi connectivity index (χ2n) is 5.59. The molecule has 1 aromatic rings. The van der Waals surface area contributed by atoms with Crippen LogP contribution < -0.4 is 10.2 Å². The van der Waals surface area contributed by atoms with Gasteiger partial charge in [-0.25, -0.2) is 0 Å². The van der Waals surface area contributed by atoms with Crippen molar-refractivity contribution in [3.05, 3.63) is 35.9 Å². The molecule has 21 heavy (non-hydrogen) atoms. The largest absolute Gasteiger partial charge is 0.347 e. The van der Waals surface area contributed by atoms with E-state index in [1.165, 1.54) is 4.90 Å². The van der Waals surface area contributed by atoms with Gasteiger partial charge in [0.05, 0.1) is 26.2 Å². The lowest BCUT2D eigenvalue weighted by atomic mass is 10.2. The van der Waals surface area contributed by atoms with Crippen LogP contribution in [-0.2, 0) is 16.1 Å². The van der Waals surface area contributed by atoms with E-state index in [0.717, 1.165) is 31.7 Å². The molecule has 114 valence electrons. The highest BCUT2D eigenvalue weighted by atomic mass is 16.2. The van der Waals surface area contributed by atoms with Crippen molar-refractivity contribution >= 4 is 11.8 Å². The van der Waals surface area contributed by atoms with Crippen LogP contribution in [0.2, 0.25) is 0 Å². The third-order valence-electron chi connectivity index (χ3n) is 4.17. The molecule has 0 bridgehead atoms. The van der Waals surface area contributed by atoms with E-state index in [2.05, 4.69) is 5.32 Å². The van der Waals surface area contributed by atoms with Crippen LogP contribution in [0.1, 0.15) is 19.4 Å². The summed E-state index contributed by atoms with van der Waals surface area (Å²) in [5, 5.41) is 2.99. The number of rotatable bonds is 4. The molecule has 0 spiro atoms. The lowest BCUT2D eigenvalue weighted by molar-refractivity contribution is -0.918. The Morgan fingerprint density at radius 2 is 1.86 bits per heavy atom. The minimum Gasteiger partial charge on any atom is -0.347 e. The van der Waals surface area contributed by atoms with E-state index in [1.54, 1.807) is 6.92 Å². The van der Waals surface area contributed by atoms with Crippen molar-refractivity contribution in [1.29, 1.82) is 0 Å². The Morgan fingerprint density at radius 1 is 1.24 bits per heavy atom. The van der Waals surface area contributed by atoms with E-state index < -0.39 is 0 Å². The van der Waals surface area contributed by atoms with Crippen molar-refractivity contribution in [2.45, 2.75) is 26.4 Å². The smallest absolute Gasteiger partial charge is 0.278 e. The lowest BCUT2D eigenvalue weighted by Crippen LogP contribution is -3.19. The zero-order valence-electron chi connectivity index (χ0n) is 12.8. The van der Waals surface area contributed by atoms with Crippen LogP contribution >= 0.6 is 0 Å². The Kier molecular flexibility index (Phi) is 5.33. The average molecular weight is 290 g/mol. The Labute approximate surface area is 125 Å². The molecule has 0 radical (unpaired) electrons. The van der Waals surface area contributed by atoms with Crippen molar-refractivity contribution < 1.29 is 14.5 Å². The number of piperazine rings is 1. The van der Waals surface area contributed by atoms with Crippen molar-refractivity contribution in [3.63, 3.8) is 0 Å². The summed E-state index contributed by atoms with van der Waals surface area (Å²) in [6.45, 7) is 7.26. The van der Waals surface area contributed by atoms with Gasteiger partial charge in [0.15, 0.2) is 6.04 Å². The summed E-state index contributed by atoms with van der Waals surface area (Å²) >= 11 is 0. The first kappa shape index (κ1) is 15.5. The van der Waals surface area contributed by atoms with Crippen LogP contribution in [0.3, 0.4) is 0 Å². The molecule has 0 aliphatic carbocycles. The van der Waals surface area contributed by atoms with Gasteiger partial charge in [-0.3, -0.25) is 9.59 Å². The van der Waals surface area contributed by atoms with Crippen molar-refractivity contribution in [2.24, 2.45) is 0 Å². The first-order valence-electron chi connectivity index (χ1n) is 7.49. The molecule has 2 rings (SSSR count). The van der Waals surface area contributed by atoms with Gasteiger partial charge in [-0.1, -0.05) is 30.3 Å². The molecule has 0 aromatic heterocycles. The molecule has 1 aromatic carbocycles. The number of benzene rings is 1. The molecule has 1 aliphatic heterocycles. The van der Waals surface area contributed by atoms with Crippen molar-refractivity contribution in [3.8, 4) is 0 Å². The van der Waals surface area contributed by atoms with Crippen LogP contribution in [0.5, 0.6) is 0 Å². The van der Waals surface area contributed by atoms with E-state index in [1.807, 2.05) is 42.2 Å². The van der Waals surface area contributed by atoms with Gasteiger partial charge in [0.25, 0.3) is 5.91 Å². The first-order chi connectivity index (χ1) is 10.1. The quantitative estimate of drug-likeness (QED) is 0.781. The Morgan fingerprint density at radius 3 is 2.43 bits per heavy atom. The highest BCUT2D eigenvalue weighted by Crippen LogP contribution is 1.97. The fourth-order valence-corrected chi connectivity index (χ4v) is 2.67. The first-order valence-corrected chi connectivity index (χ1v) is 7.49. The molecule has 5 nitrogen and oxygen atoms in total. The molecule has 5 heteroatoms. The molecule has 2 N–H and O–H groups in total. The van der Waals surface area contributed by atoms with Crippen LogP contribution in [-0.4, -0.2) is 48.9 Å². The number of quaternary nitrogens is 1. The van der Waals surface area contributed by atoms with Gasteiger partial charge in [-0.05, 0) is 12.5 Å². The molecule has 1 heterocycles. The average Bonchev–Trinajstić information content (AvgIpc) is 2.53. The van der Waals surface area contributed by atoms with Gasteiger partial charge in [-0.2, -0.15) is 0 Å². The molecule has 1 fully saturated rings. The summed E-state index contributed by atoms with van der Waals surface area (Å²) in [7, 11) is 0. The van der Waals surface area contributed by atoms with E-state index in [4.69, 9.17) is 0 Å². The predicted octanol–water partition coefficient (Wildman–Crippen LogP) is -0.562. The molecule has 1 aliphatic rings. The summed E-state index contributed by atoms with van der Waals surface area (Å²) in [5.74, 6) is 0.195. The monoisotopic (exact) mass is 290 g/mol. The van der Waals surface area contributed by atoms with Crippen LogP contribution in [0.15, 0.2) is 30.3 Å². The second-order valence-corrected chi connectivity index (χ2v) is 5.59. The number of hydrogen-bond donors (Lipinski definition) is 2. The number of carbonyl (C=O) groups is 2. The Hall–Kier alpha value is -1.88. The van der Waals surface area contributed by atoms with E-state index in [-0.39, 0.29) is 17.9 Å². The van der Waals surface area contributed by atoms with Gasteiger partial charge >= 0.3 is 0 Å². The minimum atomic E-state index is -0.0807. The second kappa shape index (κ2) is 7.22. The maximum absolute atomic E-state index is 12.2. The number of carbonyl (C=O) groups excluding carboxylic acids is 2. The zero-order valence-corrected chi connectivity index (χ0v) is 12.8. The molecule has 0 saturated carbocycles. The lowest BCUT2D eigenvalue weighted by Gasteiger charge is -2.34. The maximum atomic E-state index is 12.2. The fraction of sp³-hybridized carbons (Fsp3) is 0.500. The standard InChI is InChI=1S/C16H23N3O2/c1-13(18-8-10-19(11-9-18)14(2)20)16(21)17-12-15-6-4-3-5-7-15/h3-7,13H,8-12H2,1-2H3,(H,17,21)/p+1/t13-/m0/s1. The van der Waals surface area contributed by atoms with E-state index >= 15 is 0 Å². The number of nitrogens with zero attached hydrogens (tertiary/aromatic N) is 1. The third kappa shape index (κ3) is 4.29.